The van der Waals surface area contributed by atoms with Crippen molar-refractivity contribution in [3.8, 4) is 0 Å². The van der Waals surface area contributed by atoms with Crippen molar-refractivity contribution >= 4 is 5.69 Å². The highest BCUT2D eigenvalue weighted by atomic mass is 19.1. The number of halogens is 1. The molecule has 108 valence electrons. The molecule has 0 amide bonds. The first-order valence-corrected chi connectivity index (χ1v) is 6.90. The van der Waals surface area contributed by atoms with Crippen molar-refractivity contribution in [1.82, 2.24) is 0 Å². The van der Waals surface area contributed by atoms with Crippen LogP contribution in [0.4, 0.5) is 10.1 Å². The Labute approximate surface area is 114 Å². The number of rotatable bonds is 7. The van der Waals surface area contributed by atoms with Crippen molar-refractivity contribution in [2.75, 3.05) is 18.1 Å². The molecule has 19 heavy (non-hydrogen) atoms. The maximum absolute atomic E-state index is 13.9. The van der Waals surface area contributed by atoms with Crippen molar-refractivity contribution in [2.45, 2.75) is 45.8 Å². The Kier molecular flexibility index (Phi) is 6.25. The Morgan fingerprint density at radius 1 is 1.26 bits per heavy atom. The number of benzene rings is 1. The van der Waals surface area contributed by atoms with Gasteiger partial charge in [0, 0.05) is 23.8 Å². The Bertz CT molecular complexity index is 392. The average Bonchev–Trinajstić information content (AvgIpc) is 2.38. The second-order valence-electron chi connectivity index (χ2n) is 4.74. The van der Waals surface area contributed by atoms with Gasteiger partial charge in [-0.25, -0.2) is 4.39 Å². The summed E-state index contributed by atoms with van der Waals surface area (Å²) >= 11 is 0. The van der Waals surface area contributed by atoms with Gasteiger partial charge in [0.15, 0.2) is 0 Å². The summed E-state index contributed by atoms with van der Waals surface area (Å²) in [5, 5.41) is 19.0. The summed E-state index contributed by atoms with van der Waals surface area (Å²) < 4.78 is 13.9. The predicted molar refractivity (Wildman–Crippen MR) is 75.8 cm³/mol. The molecule has 0 saturated carbocycles. The SMILES string of the molecule is CCC(CC)N(CCO)c1cccc(F)c1[C@@H](C)O. The van der Waals surface area contributed by atoms with Crippen LogP contribution in [0.5, 0.6) is 0 Å². The van der Waals surface area contributed by atoms with Crippen LogP contribution in [0.2, 0.25) is 0 Å². The van der Waals surface area contributed by atoms with Crippen LogP contribution in [0.1, 0.15) is 45.3 Å². The molecular formula is C15H24FNO2. The fourth-order valence-electron chi connectivity index (χ4n) is 2.53. The van der Waals surface area contributed by atoms with Crippen LogP contribution < -0.4 is 4.90 Å². The monoisotopic (exact) mass is 269 g/mol. The highest BCUT2D eigenvalue weighted by Gasteiger charge is 2.22. The van der Waals surface area contributed by atoms with Crippen LogP contribution in [-0.2, 0) is 0 Å². The van der Waals surface area contributed by atoms with E-state index in [0.717, 1.165) is 12.8 Å². The summed E-state index contributed by atoms with van der Waals surface area (Å²) in [6.45, 7) is 6.15. The van der Waals surface area contributed by atoms with Gasteiger partial charge < -0.3 is 15.1 Å². The molecule has 3 nitrogen and oxygen atoms in total. The highest BCUT2D eigenvalue weighted by molar-refractivity contribution is 5.56. The number of anilines is 1. The van der Waals surface area contributed by atoms with Gasteiger partial charge in [-0.15, -0.1) is 0 Å². The van der Waals surface area contributed by atoms with Crippen LogP contribution in [-0.4, -0.2) is 29.4 Å². The summed E-state index contributed by atoms with van der Waals surface area (Å²) in [4.78, 5) is 1.99. The fraction of sp³-hybridized carbons (Fsp3) is 0.600. The smallest absolute Gasteiger partial charge is 0.131 e. The van der Waals surface area contributed by atoms with Crippen LogP contribution in [0.25, 0.3) is 0 Å². The van der Waals surface area contributed by atoms with E-state index < -0.39 is 11.9 Å². The normalized spacial score (nSPS) is 12.8. The first-order chi connectivity index (χ1) is 9.06. The van der Waals surface area contributed by atoms with E-state index in [1.54, 1.807) is 19.1 Å². The van der Waals surface area contributed by atoms with Gasteiger partial charge in [-0.1, -0.05) is 19.9 Å². The zero-order valence-electron chi connectivity index (χ0n) is 11.9. The summed E-state index contributed by atoms with van der Waals surface area (Å²) in [5.41, 5.74) is 0.987. The summed E-state index contributed by atoms with van der Waals surface area (Å²) in [6, 6.07) is 5.03. The lowest BCUT2D eigenvalue weighted by Crippen LogP contribution is -2.37. The van der Waals surface area contributed by atoms with Gasteiger partial charge in [-0.2, -0.15) is 0 Å². The molecule has 0 unspecified atom stereocenters. The molecule has 2 N–H and O–H groups in total. The standard InChI is InChI=1S/C15H24FNO2/c1-4-12(5-2)17(9-10-18)14-8-6-7-13(16)15(14)11(3)19/h6-8,11-12,18-19H,4-5,9-10H2,1-3H3/t11-/m1/s1. The molecule has 0 aromatic heterocycles. The molecule has 0 aliphatic rings. The highest BCUT2D eigenvalue weighted by Crippen LogP contribution is 2.31. The minimum Gasteiger partial charge on any atom is -0.395 e. The number of aliphatic hydroxyl groups is 2. The molecule has 0 radical (unpaired) electrons. The van der Waals surface area contributed by atoms with Crippen molar-refractivity contribution in [1.29, 1.82) is 0 Å². The van der Waals surface area contributed by atoms with E-state index in [1.807, 2.05) is 4.90 Å². The lowest BCUT2D eigenvalue weighted by Gasteiger charge is -2.34. The Morgan fingerprint density at radius 3 is 2.37 bits per heavy atom. The van der Waals surface area contributed by atoms with Crippen LogP contribution in [0.3, 0.4) is 0 Å². The third kappa shape index (κ3) is 3.67. The van der Waals surface area contributed by atoms with Gasteiger partial charge in [-0.05, 0) is 31.9 Å². The van der Waals surface area contributed by atoms with Crippen LogP contribution >= 0.6 is 0 Å². The number of aliphatic hydroxyl groups excluding tert-OH is 2. The van der Waals surface area contributed by atoms with Crippen LogP contribution in [0, 0.1) is 5.82 Å². The van der Waals surface area contributed by atoms with Gasteiger partial charge in [-0.3, -0.25) is 0 Å². The summed E-state index contributed by atoms with van der Waals surface area (Å²) in [5.74, 6) is -0.401. The summed E-state index contributed by atoms with van der Waals surface area (Å²) in [7, 11) is 0. The molecule has 0 spiro atoms. The van der Waals surface area contributed by atoms with E-state index in [2.05, 4.69) is 13.8 Å². The molecule has 1 aromatic carbocycles. The van der Waals surface area contributed by atoms with E-state index in [1.165, 1.54) is 6.07 Å². The van der Waals surface area contributed by atoms with E-state index in [0.29, 0.717) is 17.8 Å². The molecule has 1 atom stereocenters. The van der Waals surface area contributed by atoms with Crippen molar-refractivity contribution in [3.63, 3.8) is 0 Å². The molecule has 1 aromatic rings. The number of hydrogen-bond donors (Lipinski definition) is 2. The average molecular weight is 269 g/mol. The molecule has 1 rings (SSSR count). The minimum atomic E-state index is -0.869. The van der Waals surface area contributed by atoms with E-state index >= 15 is 0 Å². The number of hydrogen-bond acceptors (Lipinski definition) is 3. The molecule has 0 aliphatic carbocycles. The summed E-state index contributed by atoms with van der Waals surface area (Å²) in [6.07, 6.45) is 0.949. The Balaban J connectivity index is 3.25. The first-order valence-electron chi connectivity index (χ1n) is 6.90. The topological polar surface area (TPSA) is 43.7 Å². The van der Waals surface area contributed by atoms with Gasteiger partial charge in [0.2, 0.25) is 0 Å². The lowest BCUT2D eigenvalue weighted by molar-refractivity contribution is 0.194. The van der Waals surface area contributed by atoms with Crippen molar-refractivity contribution in [3.05, 3.63) is 29.6 Å². The molecule has 0 heterocycles. The molecule has 0 bridgehead atoms. The van der Waals surface area contributed by atoms with Gasteiger partial charge in [0.1, 0.15) is 5.82 Å². The third-order valence-electron chi connectivity index (χ3n) is 3.48. The van der Waals surface area contributed by atoms with Crippen molar-refractivity contribution in [2.24, 2.45) is 0 Å². The Hall–Kier alpha value is -1.13. The zero-order valence-corrected chi connectivity index (χ0v) is 11.9. The van der Waals surface area contributed by atoms with E-state index in [9.17, 15) is 14.6 Å². The quantitative estimate of drug-likeness (QED) is 0.800. The molecule has 0 aliphatic heterocycles. The first kappa shape index (κ1) is 15.9. The Morgan fingerprint density at radius 2 is 1.89 bits per heavy atom. The molecule has 0 saturated heterocycles. The second-order valence-corrected chi connectivity index (χ2v) is 4.74. The minimum absolute atomic E-state index is 0.00621. The fourth-order valence-corrected chi connectivity index (χ4v) is 2.53. The second kappa shape index (κ2) is 7.46. The predicted octanol–water partition coefficient (Wildman–Crippen LogP) is 2.87. The van der Waals surface area contributed by atoms with Crippen LogP contribution in [0.15, 0.2) is 18.2 Å². The molecule has 4 heteroatoms. The number of nitrogens with zero attached hydrogens (tertiary/aromatic N) is 1. The van der Waals surface area contributed by atoms with E-state index in [-0.39, 0.29) is 12.6 Å². The maximum Gasteiger partial charge on any atom is 0.131 e. The molecular weight excluding hydrogens is 245 g/mol. The largest absolute Gasteiger partial charge is 0.395 e. The van der Waals surface area contributed by atoms with Gasteiger partial charge >= 0.3 is 0 Å². The maximum atomic E-state index is 13.9. The van der Waals surface area contributed by atoms with E-state index in [4.69, 9.17) is 0 Å². The van der Waals surface area contributed by atoms with Gasteiger partial charge in [0.25, 0.3) is 0 Å². The molecule has 0 fully saturated rings. The van der Waals surface area contributed by atoms with Crippen molar-refractivity contribution < 1.29 is 14.6 Å². The third-order valence-corrected chi connectivity index (χ3v) is 3.48. The lowest BCUT2D eigenvalue weighted by atomic mass is 10.0. The zero-order chi connectivity index (χ0) is 14.4. The van der Waals surface area contributed by atoms with Gasteiger partial charge in [0.05, 0.1) is 12.7 Å².